The number of rotatable bonds is 7. The molecule has 9 heteroatoms. The van der Waals surface area contributed by atoms with Gasteiger partial charge in [-0.2, -0.15) is 4.98 Å². The van der Waals surface area contributed by atoms with E-state index in [1.54, 1.807) is 0 Å². The Morgan fingerprint density at radius 1 is 1.00 bits per heavy atom. The quantitative estimate of drug-likeness (QED) is 0.455. The van der Waals surface area contributed by atoms with Gasteiger partial charge in [-0.25, -0.2) is 15.0 Å². The molecule has 0 bridgehead atoms. The summed E-state index contributed by atoms with van der Waals surface area (Å²) in [6, 6.07) is 9.54. The fourth-order valence-corrected chi connectivity index (χ4v) is 2.77. The van der Waals surface area contributed by atoms with Crippen LogP contribution in [0.4, 0.5) is 17.7 Å². The maximum absolute atomic E-state index is 11.2. The zero-order chi connectivity index (χ0) is 20.1. The fraction of sp³-hybridized carbons (Fsp3) is 0.211. The summed E-state index contributed by atoms with van der Waals surface area (Å²) in [5.74, 6) is 0.551. The van der Waals surface area contributed by atoms with Gasteiger partial charge in [-0.1, -0.05) is 17.2 Å². The molecule has 1 aromatic carbocycles. The highest BCUT2D eigenvalue weighted by atomic mass is 16.1. The van der Waals surface area contributed by atoms with E-state index >= 15 is 0 Å². The number of anilines is 3. The number of hydrogen-bond donors (Lipinski definition) is 4. The zero-order valence-corrected chi connectivity index (χ0v) is 15.7. The first-order chi connectivity index (χ1) is 13.4. The lowest BCUT2D eigenvalue weighted by Crippen LogP contribution is -2.18. The second-order valence-corrected chi connectivity index (χ2v) is 6.36. The molecule has 2 heterocycles. The van der Waals surface area contributed by atoms with Crippen LogP contribution in [0.15, 0.2) is 36.5 Å². The third-order valence-corrected chi connectivity index (χ3v) is 3.88. The van der Waals surface area contributed by atoms with Crippen LogP contribution in [0.5, 0.6) is 0 Å². The van der Waals surface area contributed by atoms with Crippen molar-refractivity contribution >= 4 is 23.6 Å². The van der Waals surface area contributed by atoms with Gasteiger partial charge in [-0.15, -0.1) is 0 Å². The first-order valence-electron chi connectivity index (χ1n) is 8.74. The zero-order valence-electron chi connectivity index (χ0n) is 15.7. The van der Waals surface area contributed by atoms with Crippen molar-refractivity contribution < 1.29 is 4.79 Å². The van der Waals surface area contributed by atoms with Gasteiger partial charge in [0.05, 0.1) is 5.69 Å². The molecule has 3 rings (SSSR count). The van der Waals surface area contributed by atoms with E-state index < -0.39 is 5.91 Å². The van der Waals surface area contributed by atoms with E-state index in [9.17, 15) is 4.79 Å². The average molecular weight is 378 g/mol. The standard InChI is InChI=1S/C19H22N8O/c1-11-7-12(2)9-13(8-11)15-10-16(27-18(21)25-15)22-5-6-24-19-23-4-3-14(26-19)17(20)28/h3-4,7-10H,5-6H2,1-2H3,(H2,20,28)(H,23,24,26)(H3,21,22,25,27). The topological polar surface area (TPSA) is 145 Å². The molecule has 0 aliphatic rings. The number of amides is 1. The number of aryl methyl sites for hydroxylation is 2. The molecular formula is C19H22N8O. The predicted octanol–water partition coefficient (Wildman–Crippen LogP) is 1.76. The Balaban J connectivity index is 1.64. The Hall–Kier alpha value is -3.75. The van der Waals surface area contributed by atoms with Crippen molar-refractivity contribution in [1.29, 1.82) is 0 Å². The molecule has 0 spiro atoms. The number of primary amides is 1. The lowest BCUT2D eigenvalue weighted by Gasteiger charge is -2.10. The first kappa shape index (κ1) is 19.0. The van der Waals surface area contributed by atoms with E-state index in [-0.39, 0.29) is 11.6 Å². The molecule has 0 unspecified atom stereocenters. The van der Waals surface area contributed by atoms with Gasteiger partial charge in [0, 0.05) is 30.9 Å². The Kier molecular flexibility index (Phi) is 5.64. The number of nitrogens with one attached hydrogen (secondary N) is 2. The molecule has 6 N–H and O–H groups in total. The number of benzene rings is 1. The normalized spacial score (nSPS) is 10.5. The minimum atomic E-state index is -0.598. The number of hydrogen-bond acceptors (Lipinski definition) is 8. The molecule has 0 saturated carbocycles. The third kappa shape index (κ3) is 4.91. The number of aromatic nitrogens is 4. The molecule has 0 atom stereocenters. The molecule has 144 valence electrons. The second kappa shape index (κ2) is 8.30. The highest BCUT2D eigenvalue weighted by Gasteiger charge is 2.07. The van der Waals surface area contributed by atoms with Crippen LogP contribution in [0, 0.1) is 13.8 Å². The van der Waals surface area contributed by atoms with Crippen molar-refractivity contribution in [2.75, 3.05) is 29.5 Å². The van der Waals surface area contributed by atoms with Gasteiger partial charge < -0.3 is 22.1 Å². The third-order valence-electron chi connectivity index (χ3n) is 3.88. The van der Waals surface area contributed by atoms with E-state index in [1.165, 1.54) is 12.3 Å². The smallest absolute Gasteiger partial charge is 0.267 e. The molecule has 3 aromatic rings. The lowest BCUT2D eigenvalue weighted by atomic mass is 10.0. The van der Waals surface area contributed by atoms with E-state index in [2.05, 4.69) is 48.8 Å². The summed E-state index contributed by atoms with van der Waals surface area (Å²) >= 11 is 0. The number of nitrogens with zero attached hydrogens (tertiary/aromatic N) is 4. The molecule has 0 saturated heterocycles. The SMILES string of the molecule is Cc1cc(C)cc(-c2cc(NCCNc3nccc(C(N)=O)n3)nc(N)n2)c1. The van der Waals surface area contributed by atoms with Crippen molar-refractivity contribution in [3.8, 4) is 11.3 Å². The predicted molar refractivity (Wildman–Crippen MR) is 109 cm³/mol. The van der Waals surface area contributed by atoms with Gasteiger partial charge in [0.1, 0.15) is 11.5 Å². The summed E-state index contributed by atoms with van der Waals surface area (Å²) in [6.07, 6.45) is 1.48. The number of carbonyl (C=O) groups excluding carboxylic acids is 1. The van der Waals surface area contributed by atoms with Crippen molar-refractivity contribution in [1.82, 2.24) is 19.9 Å². The molecule has 0 aliphatic carbocycles. The van der Waals surface area contributed by atoms with Crippen LogP contribution in [-0.2, 0) is 0 Å². The second-order valence-electron chi connectivity index (χ2n) is 6.36. The fourth-order valence-electron chi connectivity index (χ4n) is 2.77. The number of nitrogen functional groups attached to an aromatic ring is 1. The first-order valence-corrected chi connectivity index (χ1v) is 8.74. The minimum Gasteiger partial charge on any atom is -0.368 e. The van der Waals surface area contributed by atoms with Crippen LogP contribution in [-0.4, -0.2) is 38.9 Å². The lowest BCUT2D eigenvalue weighted by molar-refractivity contribution is 0.0995. The highest BCUT2D eigenvalue weighted by Crippen LogP contribution is 2.23. The molecule has 0 radical (unpaired) electrons. The van der Waals surface area contributed by atoms with E-state index in [1.807, 2.05) is 19.9 Å². The Bertz CT molecular complexity index is 985. The van der Waals surface area contributed by atoms with E-state index in [4.69, 9.17) is 11.5 Å². The van der Waals surface area contributed by atoms with Crippen LogP contribution in [0.1, 0.15) is 21.6 Å². The van der Waals surface area contributed by atoms with Gasteiger partial charge in [-0.05, 0) is 32.0 Å². The Labute approximate surface area is 162 Å². The summed E-state index contributed by atoms with van der Waals surface area (Å²) in [5.41, 5.74) is 15.3. The average Bonchev–Trinajstić information content (AvgIpc) is 2.64. The van der Waals surface area contributed by atoms with Crippen LogP contribution in [0.3, 0.4) is 0 Å². The van der Waals surface area contributed by atoms with Gasteiger partial charge in [0.2, 0.25) is 11.9 Å². The number of carbonyl (C=O) groups is 1. The highest BCUT2D eigenvalue weighted by molar-refractivity contribution is 5.90. The summed E-state index contributed by atoms with van der Waals surface area (Å²) < 4.78 is 0. The maximum atomic E-state index is 11.2. The van der Waals surface area contributed by atoms with Crippen LogP contribution in [0.25, 0.3) is 11.3 Å². The molecule has 9 nitrogen and oxygen atoms in total. The van der Waals surface area contributed by atoms with E-state index in [0.717, 1.165) is 22.4 Å². The molecule has 2 aromatic heterocycles. The van der Waals surface area contributed by atoms with Crippen molar-refractivity contribution in [3.05, 3.63) is 53.3 Å². The van der Waals surface area contributed by atoms with Gasteiger partial charge in [-0.3, -0.25) is 4.79 Å². The summed E-state index contributed by atoms with van der Waals surface area (Å²) in [5, 5.41) is 6.21. The molecule has 1 amide bonds. The van der Waals surface area contributed by atoms with Gasteiger partial charge >= 0.3 is 0 Å². The van der Waals surface area contributed by atoms with Crippen LogP contribution < -0.4 is 22.1 Å². The van der Waals surface area contributed by atoms with Crippen LogP contribution >= 0.6 is 0 Å². The van der Waals surface area contributed by atoms with Crippen LogP contribution in [0.2, 0.25) is 0 Å². The Morgan fingerprint density at radius 3 is 2.43 bits per heavy atom. The minimum absolute atomic E-state index is 0.159. The summed E-state index contributed by atoms with van der Waals surface area (Å²) in [4.78, 5) is 27.8. The van der Waals surface area contributed by atoms with Gasteiger partial charge in [0.15, 0.2) is 0 Å². The van der Waals surface area contributed by atoms with Crippen molar-refractivity contribution in [3.63, 3.8) is 0 Å². The summed E-state index contributed by atoms with van der Waals surface area (Å²) in [6.45, 7) is 5.13. The Morgan fingerprint density at radius 2 is 1.71 bits per heavy atom. The van der Waals surface area contributed by atoms with E-state index in [0.29, 0.717) is 24.9 Å². The maximum Gasteiger partial charge on any atom is 0.267 e. The molecular weight excluding hydrogens is 356 g/mol. The number of nitrogens with two attached hydrogens (primary N) is 2. The largest absolute Gasteiger partial charge is 0.368 e. The molecule has 28 heavy (non-hydrogen) atoms. The molecule has 0 aliphatic heterocycles. The van der Waals surface area contributed by atoms with Crippen molar-refractivity contribution in [2.24, 2.45) is 5.73 Å². The van der Waals surface area contributed by atoms with Gasteiger partial charge in [0.25, 0.3) is 5.91 Å². The monoisotopic (exact) mass is 378 g/mol. The van der Waals surface area contributed by atoms with Crippen molar-refractivity contribution in [2.45, 2.75) is 13.8 Å². The molecule has 0 fully saturated rings. The summed E-state index contributed by atoms with van der Waals surface area (Å²) in [7, 11) is 0.